The first-order chi connectivity index (χ1) is 14.6. The van der Waals surface area contributed by atoms with Gasteiger partial charge in [0, 0.05) is 16.5 Å². The number of nitrogens with one attached hydrogen (secondary N) is 2. The third-order valence-corrected chi connectivity index (χ3v) is 8.52. The van der Waals surface area contributed by atoms with Gasteiger partial charge in [0.1, 0.15) is 6.04 Å². The molecule has 3 heterocycles. The van der Waals surface area contributed by atoms with Gasteiger partial charge in [-0.2, -0.15) is 0 Å². The molecule has 168 valence electrons. The first-order valence-electron chi connectivity index (χ1n) is 10.9. The zero-order chi connectivity index (χ0) is 22.6. The molecule has 0 aromatic heterocycles. The number of rotatable bonds is 5. The number of benzene rings is 1. The Hall–Kier alpha value is -2.06. The lowest BCUT2D eigenvalue weighted by atomic mass is 9.70. The summed E-state index contributed by atoms with van der Waals surface area (Å²) in [5, 5.41) is 15.8. The summed E-state index contributed by atoms with van der Waals surface area (Å²) in [6.45, 7) is 7.25. The molecule has 2 unspecified atom stereocenters. The van der Waals surface area contributed by atoms with E-state index in [2.05, 4.69) is 10.6 Å². The van der Waals surface area contributed by atoms with Crippen LogP contribution in [0.25, 0.3) is 0 Å². The molecule has 0 aliphatic carbocycles. The minimum absolute atomic E-state index is 0.00850. The maximum atomic E-state index is 13.7. The summed E-state index contributed by atoms with van der Waals surface area (Å²) in [6.07, 6.45) is 1.51. The molecule has 4 rings (SSSR count). The third kappa shape index (κ3) is 3.63. The van der Waals surface area contributed by atoms with Gasteiger partial charge in [-0.05, 0) is 52.7 Å². The molecule has 3 amide bonds. The minimum Gasteiger partial charge on any atom is -0.394 e. The highest BCUT2D eigenvalue weighted by atomic mass is 32.2. The van der Waals surface area contributed by atoms with Crippen molar-refractivity contribution in [3.05, 3.63) is 30.3 Å². The molecule has 6 atom stereocenters. The van der Waals surface area contributed by atoms with Gasteiger partial charge in [-0.1, -0.05) is 18.2 Å². The maximum Gasteiger partial charge on any atom is 0.244 e. The molecule has 3 N–H and O–H groups in total. The zero-order valence-electron chi connectivity index (χ0n) is 18.4. The van der Waals surface area contributed by atoms with Crippen LogP contribution in [-0.2, 0) is 14.4 Å². The second-order valence-electron chi connectivity index (χ2n) is 9.93. The van der Waals surface area contributed by atoms with Gasteiger partial charge < -0.3 is 20.6 Å². The predicted molar refractivity (Wildman–Crippen MR) is 120 cm³/mol. The summed E-state index contributed by atoms with van der Waals surface area (Å²) < 4.78 is -0.640. The number of aliphatic hydroxyl groups is 1. The molecule has 31 heavy (non-hydrogen) atoms. The first kappa shape index (κ1) is 22.1. The van der Waals surface area contributed by atoms with E-state index in [9.17, 15) is 19.5 Å². The van der Waals surface area contributed by atoms with Crippen LogP contribution in [0.4, 0.5) is 5.69 Å². The van der Waals surface area contributed by atoms with Crippen molar-refractivity contribution in [1.82, 2.24) is 10.2 Å². The topological polar surface area (TPSA) is 98.7 Å². The number of likely N-dealkylation sites (tertiary alicyclic amines) is 1. The van der Waals surface area contributed by atoms with E-state index in [0.29, 0.717) is 12.1 Å². The lowest BCUT2D eigenvalue weighted by Crippen LogP contribution is -2.58. The Morgan fingerprint density at radius 1 is 1.26 bits per heavy atom. The first-order valence-corrected chi connectivity index (χ1v) is 11.8. The van der Waals surface area contributed by atoms with Gasteiger partial charge in [-0.25, -0.2) is 0 Å². The Balaban J connectivity index is 1.69. The Bertz CT molecular complexity index is 887. The van der Waals surface area contributed by atoms with E-state index >= 15 is 0 Å². The maximum absolute atomic E-state index is 13.7. The Morgan fingerprint density at radius 3 is 2.55 bits per heavy atom. The highest BCUT2D eigenvalue weighted by Gasteiger charge is 2.74. The van der Waals surface area contributed by atoms with Gasteiger partial charge in [0.25, 0.3) is 0 Å². The summed E-state index contributed by atoms with van der Waals surface area (Å²) >= 11 is 1.63. The number of amides is 3. The second-order valence-corrected chi connectivity index (χ2v) is 11.5. The lowest BCUT2D eigenvalue weighted by Gasteiger charge is -2.37. The molecule has 3 fully saturated rings. The van der Waals surface area contributed by atoms with Gasteiger partial charge in [0.05, 0.1) is 29.2 Å². The number of carbonyl (C=O) groups is 3. The van der Waals surface area contributed by atoms with Crippen molar-refractivity contribution < 1.29 is 19.5 Å². The van der Waals surface area contributed by atoms with Gasteiger partial charge in [0.15, 0.2) is 0 Å². The van der Waals surface area contributed by atoms with Crippen molar-refractivity contribution in [3.8, 4) is 0 Å². The Kier molecular flexibility index (Phi) is 5.58. The number of aliphatic hydroxyl groups excluding tert-OH is 1. The molecular formula is C23H31N3O4S. The number of hydrogen-bond donors (Lipinski definition) is 3. The number of carbonyl (C=O) groups excluding carboxylic acids is 3. The van der Waals surface area contributed by atoms with E-state index in [-0.39, 0.29) is 29.6 Å². The molecule has 1 spiro atoms. The number of fused-ring (bicyclic) bond motifs is 1. The van der Waals surface area contributed by atoms with Crippen LogP contribution in [0.1, 0.15) is 40.5 Å². The van der Waals surface area contributed by atoms with Crippen LogP contribution in [0.2, 0.25) is 0 Å². The largest absolute Gasteiger partial charge is 0.394 e. The van der Waals surface area contributed by atoms with E-state index in [1.807, 2.05) is 51.1 Å². The number of thioether (sulfide) groups is 1. The molecule has 8 heteroatoms. The monoisotopic (exact) mass is 445 g/mol. The molecule has 3 saturated heterocycles. The SMILES string of the molecule is C[C@H](CO)N1C(=O)[C@@H]2[C@@H](C(=O)Nc3ccccc3)[C@H]3CCC2(S3)C1C(=O)NC(C)(C)C. The fourth-order valence-electron chi connectivity index (χ4n) is 5.44. The zero-order valence-corrected chi connectivity index (χ0v) is 19.2. The molecule has 0 radical (unpaired) electrons. The van der Waals surface area contributed by atoms with E-state index in [0.717, 1.165) is 6.42 Å². The van der Waals surface area contributed by atoms with E-state index in [1.165, 1.54) is 0 Å². The van der Waals surface area contributed by atoms with E-state index < -0.39 is 34.2 Å². The van der Waals surface area contributed by atoms with Crippen molar-refractivity contribution in [1.29, 1.82) is 0 Å². The van der Waals surface area contributed by atoms with E-state index in [1.54, 1.807) is 23.6 Å². The molecular weight excluding hydrogens is 414 g/mol. The van der Waals surface area contributed by atoms with Crippen molar-refractivity contribution in [3.63, 3.8) is 0 Å². The average molecular weight is 446 g/mol. The summed E-state index contributed by atoms with van der Waals surface area (Å²) in [5.74, 6) is -1.63. The standard InChI is InChI=1S/C23H31N3O4S/c1-13(12-27)26-18(20(29)25-22(2,3)4)23-11-10-15(31-23)16(17(23)21(26)30)19(28)24-14-8-6-5-7-9-14/h5-9,13,15-18,27H,10-12H2,1-4H3,(H,24,28)(H,25,29)/t13-,15-,16+,17+,18?,23?/m1/s1. The number of hydrogen-bond acceptors (Lipinski definition) is 5. The lowest BCUT2D eigenvalue weighted by molar-refractivity contribution is -0.142. The molecule has 3 aliphatic heterocycles. The number of nitrogens with zero attached hydrogens (tertiary/aromatic N) is 1. The second kappa shape index (κ2) is 7.81. The number of anilines is 1. The minimum atomic E-state index is -0.698. The van der Waals surface area contributed by atoms with Crippen LogP contribution in [-0.4, -0.2) is 62.0 Å². The molecule has 0 saturated carbocycles. The fourth-order valence-corrected chi connectivity index (χ4v) is 7.64. The van der Waals surface area contributed by atoms with Crippen LogP contribution in [0, 0.1) is 11.8 Å². The fraction of sp³-hybridized carbons (Fsp3) is 0.609. The van der Waals surface area contributed by atoms with Crippen LogP contribution in [0.15, 0.2) is 30.3 Å². The number of para-hydroxylation sites is 1. The molecule has 1 aromatic carbocycles. The van der Waals surface area contributed by atoms with Crippen molar-refractivity contribution >= 4 is 35.2 Å². The van der Waals surface area contributed by atoms with Crippen LogP contribution in [0.3, 0.4) is 0 Å². The van der Waals surface area contributed by atoms with Crippen molar-refractivity contribution in [2.24, 2.45) is 11.8 Å². The summed E-state index contributed by atoms with van der Waals surface area (Å²) in [5.41, 5.74) is 0.247. The molecule has 1 aromatic rings. The quantitative estimate of drug-likeness (QED) is 0.644. The summed E-state index contributed by atoms with van der Waals surface area (Å²) in [7, 11) is 0. The van der Waals surface area contributed by atoms with Crippen LogP contribution < -0.4 is 10.6 Å². The predicted octanol–water partition coefficient (Wildman–Crippen LogP) is 2.01. The van der Waals surface area contributed by atoms with Gasteiger partial charge in [-0.3, -0.25) is 14.4 Å². The van der Waals surface area contributed by atoms with Gasteiger partial charge in [-0.15, -0.1) is 11.8 Å². The van der Waals surface area contributed by atoms with Crippen LogP contribution >= 0.6 is 11.8 Å². The average Bonchev–Trinajstić information content (AvgIpc) is 3.34. The Labute approximate surface area is 187 Å². The Morgan fingerprint density at radius 2 is 1.94 bits per heavy atom. The van der Waals surface area contributed by atoms with Crippen molar-refractivity contribution in [2.75, 3.05) is 11.9 Å². The normalized spacial score (nSPS) is 32.7. The highest BCUT2D eigenvalue weighted by molar-refractivity contribution is 8.02. The van der Waals surface area contributed by atoms with Crippen molar-refractivity contribution in [2.45, 2.75) is 68.2 Å². The third-order valence-electron chi connectivity index (χ3n) is 6.57. The van der Waals surface area contributed by atoms with Gasteiger partial charge >= 0.3 is 0 Å². The molecule has 3 aliphatic rings. The molecule has 2 bridgehead atoms. The highest BCUT2D eigenvalue weighted by Crippen LogP contribution is 2.66. The van der Waals surface area contributed by atoms with Crippen LogP contribution in [0.5, 0.6) is 0 Å². The summed E-state index contributed by atoms with van der Waals surface area (Å²) in [4.78, 5) is 41.9. The smallest absolute Gasteiger partial charge is 0.244 e. The van der Waals surface area contributed by atoms with E-state index in [4.69, 9.17) is 0 Å². The molecule has 7 nitrogen and oxygen atoms in total. The summed E-state index contributed by atoms with van der Waals surface area (Å²) in [6, 6.07) is 8.03. The van der Waals surface area contributed by atoms with Gasteiger partial charge in [0.2, 0.25) is 17.7 Å².